The molecule has 0 aliphatic carbocycles. The third kappa shape index (κ3) is 3.23. The summed E-state index contributed by atoms with van der Waals surface area (Å²) in [5.41, 5.74) is 2.93. The molecule has 1 unspecified atom stereocenters. The van der Waals surface area contributed by atoms with Crippen LogP contribution in [-0.2, 0) is 9.59 Å². The van der Waals surface area contributed by atoms with Gasteiger partial charge in [0.05, 0.1) is 5.92 Å². The molecule has 0 saturated carbocycles. The Balaban J connectivity index is 1.72. The van der Waals surface area contributed by atoms with Gasteiger partial charge < -0.3 is 10.2 Å². The minimum absolute atomic E-state index is 0.0170. The third-order valence-corrected chi connectivity index (χ3v) is 4.07. The number of hydrogen-bond donors (Lipinski definition) is 1. The second kappa shape index (κ2) is 6.20. The predicted molar refractivity (Wildman–Crippen MR) is 89.2 cm³/mol. The normalized spacial score (nSPS) is 17.4. The second-order valence-corrected chi connectivity index (χ2v) is 5.90. The molecule has 3 rings (SSSR count). The molecule has 118 valence electrons. The summed E-state index contributed by atoms with van der Waals surface area (Å²) < 4.78 is 0. The summed E-state index contributed by atoms with van der Waals surface area (Å²) in [5, 5.41) is 2.80. The molecule has 2 aromatic rings. The highest BCUT2D eigenvalue weighted by Crippen LogP contribution is 2.28. The molecule has 1 saturated heterocycles. The Morgan fingerprint density at radius 1 is 1.26 bits per heavy atom. The molecule has 1 N–H and O–H groups in total. The number of benzene rings is 1. The molecular formula is C18H19N3O2. The topological polar surface area (TPSA) is 62.3 Å². The van der Waals surface area contributed by atoms with Gasteiger partial charge in [-0.3, -0.25) is 9.59 Å². The van der Waals surface area contributed by atoms with Gasteiger partial charge in [0, 0.05) is 24.8 Å². The molecule has 2 amide bonds. The van der Waals surface area contributed by atoms with E-state index < -0.39 is 0 Å². The van der Waals surface area contributed by atoms with E-state index in [4.69, 9.17) is 0 Å². The lowest BCUT2D eigenvalue weighted by Crippen LogP contribution is -2.28. The lowest BCUT2D eigenvalue weighted by Gasteiger charge is -2.18. The fraction of sp³-hybridized carbons (Fsp3) is 0.278. The van der Waals surface area contributed by atoms with Crippen LogP contribution in [0.5, 0.6) is 0 Å². The Hall–Kier alpha value is -2.69. The van der Waals surface area contributed by atoms with Crippen LogP contribution in [0.2, 0.25) is 0 Å². The van der Waals surface area contributed by atoms with E-state index in [2.05, 4.69) is 10.3 Å². The zero-order chi connectivity index (χ0) is 16.4. The summed E-state index contributed by atoms with van der Waals surface area (Å²) in [4.78, 5) is 30.5. The summed E-state index contributed by atoms with van der Waals surface area (Å²) in [5.74, 6) is -0.00889. The number of nitrogens with zero attached hydrogens (tertiary/aromatic N) is 2. The number of rotatable bonds is 3. The van der Waals surface area contributed by atoms with Crippen LogP contribution in [0.25, 0.3) is 0 Å². The molecule has 1 fully saturated rings. The lowest BCUT2D eigenvalue weighted by molar-refractivity contribution is -0.122. The average molecular weight is 309 g/mol. The maximum atomic E-state index is 12.4. The molecule has 1 aliphatic rings. The van der Waals surface area contributed by atoms with Crippen molar-refractivity contribution in [2.75, 3.05) is 16.8 Å². The van der Waals surface area contributed by atoms with Crippen molar-refractivity contribution < 1.29 is 9.59 Å². The van der Waals surface area contributed by atoms with Crippen LogP contribution in [0.3, 0.4) is 0 Å². The van der Waals surface area contributed by atoms with E-state index in [1.54, 1.807) is 11.1 Å². The number of para-hydroxylation sites is 1. The van der Waals surface area contributed by atoms with Crippen molar-refractivity contribution in [2.24, 2.45) is 5.92 Å². The van der Waals surface area contributed by atoms with Gasteiger partial charge in [-0.15, -0.1) is 0 Å². The highest BCUT2D eigenvalue weighted by atomic mass is 16.2. The highest BCUT2D eigenvalue weighted by Gasteiger charge is 2.35. The Morgan fingerprint density at radius 3 is 2.78 bits per heavy atom. The second-order valence-electron chi connectivity index (χ2n) is 5.90. The largest absolute Gasteiger partial charge is 0.311 e. The van der Waals surface area contributed by atoms with Crippen LogP contribution >= 0.6 is 0 Å². The number of anilines is 2. The van der Waals surface area contributed by atoms with Crippen LogP contribution in [0.15, 0.2) is 42.6 Å². The van der Waals surface area contributed by atoms with Crippen LogP contribution in [0.1, 0.15) is 17.5 Å². The van der Waals surface area contributed by atoms with Gasteiger partial charge in [-0.1, -0.05) is 18.2 Å². The zero-order valence-electron chi connectivity index (χ0n) is 13.2. The third-order valence-electron chi connectivity index (χ3n) is 4.07. The SMILES string of the molecule is Cc1ccnc(NC(=O)C2CC(=O)N(c3ccccc3C)C2)c1. The Morgan fingerprint density at radius 2 is 2.04 bits per heavy atom. The average Bonchev–Trinajstić information content (AvgIpc) is 2.90. The number of nitrogens with one attached hydrogen (secondary N) is 1. The molecule has 1 aromatic carbocycles. The molecule has 1 aromatic heterocycles. The summed E-state index contributed by atoms with van der Waals surface area (Å²) in [6.45, 7) is 4.31. The molecule has 5 heteroatoms. The number of amides is 2. The van der Waals surface area contributed by atoms with Crippen molar-refractivity contribution in [3.8, 4) is 0 Å². The molecule has 0 spiro atoms. The van der Waals surface area contributed by atoms with Crippen molar-refractivity contribution in [1.29, 1.82) is 0 Å². The standard InChI is InChI=1S/C18H19N3O2/c1-12-7-8-19-16(9-12)20-18(23)14-10-17(22)21(11-14)15-6-4-3-5-13(15)2/h3-9,14H,10-11H2,1-2H3,(H,19,20,23). The first-order valence-electron chi connectivity index (χ1n) is 7.64. The molecule has 2 heterocycles. The first-order valence-corrected chi connectivity index (χ1v) is 7.64. The highest BCUT2D eigenvalue weighted by molar-refractivity contribution is 6.03. The van der Waals surface area contributed by atoms with Crippen molar-refractivity contribution in [2.45, 2.75) is 20.3 Å². The van der Waals surface area contributed by atoms with E-state index in [0.717, 1.165) is 16.8 Å². The minimum atomic E-state index is -0.357. The van der Waals surface area contributed by atoms with E-state index in [9.17, 15) is 9.59 Å². The van der Waals surface area contributed by atoms with Crippen molar-refractivity contribution in [3.05, 3.63) is 53.7 Å². The van der Waals surface area contributed by atoms with E-state index in [-0.39, 0.29) is 24.2 Å². The first-order chi connectivity index (χ1) is 11.0. The maximum Gasteiger partial charge on any atom is 0.230 e. The van der Waals surface area contributed by atoms with Crippen LogP contribution < -0.4 is 10.2 Å². The fourth-order valence-electron chi connectivity index (χ4n) is 2.82. The summed E-state index contributed by atoms with van der Waals surface area (Å²) >= 11 is 0. The van der Waals surface area contributed by atoms with Gasteiger partial charge >= 0.3 is 0 Å². The monoisotopic (exact) mass is 309 g/mol. The smallest absolute Gasteiger partial charge is 0.230 e. The Kier molecular flexibility index (Phi) is 4.10. The molecule has 1 atom stereocenters. The number of carbonyl (C=O) groups is 2. The van der Waals surface area contributed by atoms with E-state index in [1.165, 1.54) is 0 Å². The van der Waals surface area contributed by atoms with Gasteiger partial charge in [0.2, 0.25) is 11.8 Å². The van der Waals surface area contributed by atoms with E-state index in [0.29, 0.717) is 12.4 Å². The maximum absolute atomic E-state index is 12.4. The zero-order valence-corrected chi connectivity index (χ0v) is 13.2. The molecule has 0 bridgehead atoms. The predicted octanol–water partition coefficient (Wildman–Crippen LogP) is 2.69. The number of hydrogen-bond acceptors (Lipinski definition) is 3. The quantitative estimate of drug-likeness (QED) is 0.948. The van der Waals surface area contributed by atoms with Gasteiger partial charge in [-0.05, 0) is 43.2 Å². The van der Waals surface area contributed by atoms with Crippen LogP contribution in [-0.4, -0.2) is 23.3 Å². The summed E-state index contributed by atoms with van der Waals surface area (Å²) in [6, 6.07) is 11.4. The van der Waals surface area contributed by atoms with Crippen LogP contribution in [0.4, 0.5) is 11.5 Å². The molecule has 0 radical (unpaired) electrons. The van der Waals surface area contributed by atoms with Crippen molar-refractivity contribution in [3.63, 3.8) is 0 Å². The van der Waals surface area contributed by atoms with Gasteiger partial charge in [0.1, 0.15) is 5.82 Å². The lowest BCUT2D eigenvalue weighted by atomic mass is 10.1. The van der Waals surface area contributed by atoms with Crippen LogP contribution in [0, 0.1) is 19.8 Å². The summed E-state index contributed by atoms with van der Waals surface area (Å²) in [6.07, 6.45) is 1.89. The Bertz CT molecular complexity index is 757. The van der Waals surface area contributed by atoms with E-state index in [1.807, 2.05) is 50.2 Å². The van der Waals surface area contributed by atoms with Gasteiger partial charge in [0.15, 0.2) is 0 Å². The summed E-state index contributed by atoms with van der Waals surface area (Å²) in [7, 11) is 0. The number of aromatic nitrogens is 1. The number of aryl methyl sites for hydroxylation is 2. The van der Waals surface area contributed by atoms with Gasteiger partial charge in [0.25, 0.3) is 0 Å². The van der Waals surface area contributed by atoms with Crippen molar-refractivity contribution in [1.82, 2.24) is 4.98 Å². The van der Waals surface area contributed by atoms with Gasteiger partial charge in [-0.25, -0.2) is 4.98 Å². The number of carbonyl (C=O) groups excluding carboxylic acids is 2. The molecule has 5 nitrogen and oxygen atoms in total. The molecule has 23 heavy (non-hydrogen) atoms. The van der Waals surface area contributed by atoms with Crippen molar-refractivity contribution >= 4 is 23.3 Å². The Labute approximate surface area is 135 Å². The number of pyridine rings is 1. The fourth-order valence-corrected chi connectivity index (χ4v) is 2.82. The minimum Gasteiger partial charge on any atom is -0.311 e. The first kappa shape index (κ1) is 15.2. The van der Waals surface area contributed by atoms with E-state index >= 15 is 0 Å². The molecular weight excluding hydrogens is 290 g/mol. The molecule has 1 aliphatic heterocycles. The van der Waals surface area contributed by atoms with Gasteiger partial charge in [-0.2, -0.15) is 0 Å².